The van der Waals surface area contributed by atoms with Crippen molar-refractivity contribution in [3.63, 3.8) is 0 Å². The van der Waals surface area contributed by atoms with Gasteiger partial charge in [-0.05, 0) is 52.7 Å². The third kappa shape index (κ3) is 3.89. The maximum Gasteiger partial charge on any atom is 0.227 e. The van der Waals surface area contributed by atoms with Gasteiger partial charge in [-0.3, -0.25) is 4.79 Å². The van der Waals surface area contributed by atoms with E-state index < -0.39 is 0 Å². The summed E-state index contributed by atoms with van der Waals surface area (Å²) in [4.78, 5) is 22.5. The van der Waals surface area contributed by atoms with Gasteiger partial charge in [0.05, 0.1) is 11.4 Å². The first kappa shape index (κ1) is 22.3. The first-order valence-corrected chi connectivity index (χ1v) is 12.3. The Morgan fingerprint density at radius 2 is 1.76 bits per heavy atom. The second-order valence-corrected chi connectivity index (χ2v) is 9.28. The minimum atomic E-state index is -0.0291. The molecule has 0 saturated carbocycles. The Morgan fingerprint density at radius 1 is 1.03 bits per heavy atom. The third-order valence-electron chi connectivity index (χ3n) is 6.91. The van der Waals surface area contributed by atoms with E-state index >= 15 is 0 Å². The maximum atomic E-state index is 13.2. The van der Waals surface area contributed by atoms with Crippen LogP contribution in [0.15, 0.2) is 42.5 Å². The molecule has 1 saturated heterocycles. The predicted molar refractivity (Wildman–Crippen MR) is 136 cm³/mol. The van der Waals surface area contributed by atoms with Crippen LogP contribution in [-0.2, 0) is 4.79 Å². The lowest BCUT2D eigenvalue weighted by atomic mass is 9.96. The van der Waals surface area contributed by atoms with Crippen molar-refractivity contribution in [2.45, 2.75) is 40.5 Å². The number of fused-ring (bicyclic) bond motifs is 3. The molecule has 0 N–H and O–H groups in total. The van der Waals surface area contributed by atoms with Gasteiger partial charge in [0.15, 0.2) is 11.5 Å². The van der Waals surface area contributed by atoms with Crippen LogP contribution in [-0.4, -0.2) is 56.6 Å². The Kier molecular flexibility index (Phi) is 5.94. The molecule has 34 heavy (non-hydrogen) atoms. The van der Waals surface area contributed by atoms with Gasteiger partial charge < -0.3 is 9.80 Å². The number of carbonyl (C=O) groups excluding carboxylic acids is 1. The van der Waals surface area contributed by atoms with Crippen molar-refractivity contribution in [1.29, 1.82) is 0 Å². The highest BCUT2D eigenvalue weighted by Crippen LogP contribution is 2.31. The number of hydrogen-bond acceptors (Lipinski definition) is 5. The van der Waals surface area contributed by atoms with Crippen molar-refractivity contribution >= 4 is 28.4 Å². The fraction of sp³-hybridized carbons (Fsp3) is 0.407. The van der Waals surface area contributed by atoms with Gasteiger partial charge in [0, 0.05) is 37.1 Å². The average molecular weight is 457 g/mol. The molecule has 1 aliphatic rings. The molecule has 7 heteroatoms. The number of benzene rings is 2. The summed E-state index contributed by atoms with van der Waals surface area (Å²) < 4.78 is 2.08. The van der Waals surface area contributed by atoms with Crippen molar-refractivity contribution < 1.29 is 4.79 Å². The van der Waals surface area contributed by atoms with E-state index in [1.54, 1.807) is 0 Å². The number of hydrogen-bond donors (Lipinski definition) is 0. The summed E-state index contributed by atoms with van der Waals surface area (Å²) >= 11 is 0. The van der Waals surface area contributed by atoms with Crippen LogP contribution in [0.4, 0.5) is 5.95 Å². The SMILES string of the molecule is CCN(CC)C(=O)C1CCCN(c2nc3ccc(C)cc3c3nnc(-c4ccc(C)cc4)n23)C1. The Hall–Kier alpha value is -3.48. The number of piperidine rings is 1. The quantitative estimate of drug-likeness (QED) is 0.437. The minimum absolute atomic E-state index is 0.0291. The number of nitrogens with zero attached hydrogens (tertiary/aromatic N) is 6. The summed E-state index contributed by atoms with van der Waals surface area (Å²) in [6, 6.07) is 14.6. The van der Waals surface area contributed by atoms with E-state index in [0.29, 0.717) is 6.54 Å². The maximum absolute atomic E-state index is 13.2. The molecule has 3 heterocycles. The second-order valence-electron chi connectivity index (χ2n) is 9.28. The van der Waals surface area contributed by atoms with E-state index in [4.69, 9.17) is 4.98 Å². The smallest absolute Gasteiger partial charge is 0.227 e. The summed E-state index contributed by atoms with van der Waals surface area (Å²) in [5.74, 6) is 1.80. The molecule has 2 aromatic heterocycles. The van der Waals surface area contributed by atoms with Gasteiger partial charge >= 0.3 is 0 Å². The highest BCUT2D eigenvalue weighted by Gasteiger charge is 2.31. The molecule has 4 aromatic rings. The molecule has 5 rings (SSSR count). The topological polar surface area (TPSA) is 66.6 Å². The van der Waals surface area contributed by atoms with Crippen LogP contribution >= 0.6 is 0 Å². The second kappa shape index (κ2) is 9.05. The van der Waals surface area contributed by atoms with Crippen LogP contribution in [0.3, 0.4) is 0 Å². The van der Waals surface area contributed by atoms with Crippen molar-refractivity contribution in [1.82, 2.24) is 24.5 Å². The van der Waals surface area contributed by atoms with Crippen LogP contribution in [0.5, 0.6) is 0 Å². The lowest BCUT2D eigenvalue weighted by Crippen LogP contribution is -2.45. The van der Waals surface area contributed by atoms with Crippen molar-refractivity contribution in [3.05, 3.63) is 53.6 Å². The Bertz CT molecular complexity index is 1340. The van der Waals surface area contributed by atoms with E-state index in [2.05, 4.69) is 75.8 Å². The average Bonchev–Trinajstić information content (AvgIpc) is 3.30. The Balaban J connectivity index is 1.66. The Morgan fingerprint density at radius 3 is 2.50 bits per heavy atom. The molecule has 1 fully saturated rings. The fourth-order valence-corrected chi connectivity index (χ4v) is 4.99. The molecule has 0 spiro atoms. The molecule has 2 aromatic carbocycles. The van der Waals surface area contributed by atoms with Gasteiger partial charge in [0.1, 0.15) is 0 Å². The van der Waals surface area contributed by atoms with E-state index in [1.807, 2.05) is 18.7 Å². The van der Waals surface area contributed by atoms with E-state index in [0.717, 1.165) is 71.9 Å². The van der Waals surface area contributed by atoms with Gasteiger partial charge in [0.2, 0.25) is 11.9 Å². The summed E-state index contributed by atoms with van der Waals surface area (Å²) in [6.45, 7) is 11.2. The molecular formula is C27H32N6O. The Labute approximate surface area is 200 Å². The van der Waals surface area contributed by atoms with Gasteiger partial charge in [-0.25, -0.2) is 9.38 Å². The van der Waals surface area contributed by atoms with Crippen LogP contribution in [0.25, 0.3) is 27.9 Å². The van der Waals surface area contributed by atoms with Gasteiger partial charge in [-0.15, -0.1) is 10.2 Å². The van der Waals surface area contributed by atoms with Crippen molar-refractivity contribution in [2.24, 2.45) is 5.92 Å². The van der Waals surface area contributed by atoms with Gasteiger partial charge in [0.25, 0.3) is 0 Å². The summed E-state index contributed by atoms with van der Waals surface area (Å²) in [6.07, 6.45) is 1.86. The zero-order chi connectivity index (χ0) is 23.8. The van der Waals surface area contributed by atoms with Crippen LogP contribution in [0.2, 0.25) is 0 Å². The highest BCUT2D eigenvalue weighted by molar-refractivity contribution is 5.94. The standard InChI is InChI=1S/C27H32N6O/c1-5-31(6-2)26(34)21-8-7-15-32(17-21)27-28-23-14-11-19(4)16-22(23)25-30-29-24(33(25)27)20-12-9-18(3)10-13-20/h9-14,16,21H,5-8,15,17H2,1-4H3. The highest BCUT2D eigenvalue weighted by atomic mass is 16.2. The normalized spacial score (nSPS) is 16.4. The van der Waals surface area contributed by atoms with Crippen LogP contribution in [0.1, 0.15) is 37.8 Å². The fourth-order valence-electron chi connectivity index (χ4n) is 4.99. The third-order valence-corrected chi connectivity index (χ3v) is 6.91. The molecule has 1 aliphatic heterocycles. The number of amides is 1. The number of aromatic nitrogens is 4. The van der Waals surface area contributed by atoms with Gasteiger partial charge in [-0.2, -0.15) is 0 Å². The van der Waals surface area contributed by atoms with Gasteiger partial charge in [-0.1, -0.05) is 41.5 Å². The van der Waals surface area contributed by atoms with E-state index in [1.165, 1.54) is 5.56 Å². The van der Waals surface area contributed by atoms with Crippen LogP contribution in [0, 0.1) is 19.8 Å². The first-order valence-electron chi connectivity index (χ1n) is 12.3. The lowest BCUT2D eigenvalue weighted by Gasteiger charge is -2.35. The molecule has 0 radical (unpaired) electrons. The largest absolute Gasteiger partial charge is 0.343 e. The zero-order valence-electron chi connectivity index (χ0n) is 20.5. The number of anilines is 1. The zero-order valence-corrected chi connectivity index (χ0v) is 20.5. The summed E-state index contributed by atoms with van der Waals surface area (Å²) in [7, 11) is 0. The molecule has 7 nitrogen and oxygen atoms in total. The van der Waals surface area contributed by atoms with Crippen molar-refractivity contribution in [2.75, 3.05) is 31.1 Å². The van der Waals surface area contributed by atoms with Crippen molar-refractivity contribution in [3.8, 4) is 11.4 Å². The molecule has 1 unspecified atom stereocenters. The summed E-state index contributed by atoms with van der Waals surface area (Å²) in [5, 5.41) is 10.2. The molecule has 1 atom stereocenters. The van der Waals surface area contributed by atoms with Crippen LogP contribution < -0.4 is 4.90 Å². The lowest BCUT2D eigenvalue weighted by molar-refractivity contribution is -0.135. The number of carbonyl (C=O) groups is 1. The monoisotopic (exact) mass is 456 g/mol. The molecule has 176 valence electrons. The minimum Gasteiger partial charge on any atom is -0.343 e. The number of rotatable bonds is 5. The van der Waals surface area contributed by atoms with E-state index in [-0.39, 0.29) is 11.8 Å². The van der Waals surface area contributed by atoms with E-state index in [9.17, 15) is 4.79 Å². The molecule has 0 aliphatic carbocycles. The summed E-state index contributed by atoms with van der Waals surface area (Å²) in [5.41, 5.74) is 5.06. The molecule has 1 amide bonds. The molecule has 0 bridgehead atoms. The first-order chi connectivity index (χ1) is 16.5. The predicted octanol–water partition coefficient (Wildman–Crippen LogP) is 4.65. The number of aryl methyl sites for hydroxylation is 2. The molecular weight excluding hydrogens is 424 g/mol.